The predicted octanol–water partition coefficient (Wildman–Crippen LogP) is 2.26. The third-order valence-corrected chi connectivity index (χ3v) is 3.41. The van der Waals surface area contributed by atoms with E-state index in [1.807, 2.05) is 6.07 Å². The average Bonchev–Trinajstić information content (AvgIpc) is 2.26. The molecule has 0 radical (unpaired) electrons. The SMILES string of the molecule is O=C(O)CC1CN(Cc2cc(F)cc(Br)c2)CCO1. The highest BCUT2D eigenvalue weighted by molar-refractivity contribution is 9.10. The molecule has 19 heavy (non-hydrogen) atoms. The highest BCUT2D eigenvalue weighted by atomic mass is 79.9. The molecule has 0 amide bonds. The van der Waals surface area contributed by atoms with Crippen LogP contribution >= 0.6 is 15.9 Å². The number of aliphatic carboxylic acids is 1. The molecule has 1 N–H and O–H groups in total. The van der Waals surface area contributed by atoms with Gasteiger partial charge in [-0.2, -0.15) is 0 Å². The topological polar surface area (TPSA) is 49.8 Å². The van der Waals surface area contributed by atoms with E-state index < -0.39 is 5.97 Å². The van der Waals surface area contributed by atoms with Crippen molar-refractivity contribution in [3.05, 3.63) is 34.1 Å². The normalized spacial score (nSPS) is 20.4. The van der Waals surface area contributed by atoms with Crippen LogP contribution in [0.1, 0.15) is 12.0 Å². The zero-order chi connectivity index (χ0) is 13.8. The van der Waals surface area contributed by atoms with E-state index in [0.29, 0.717) is 24.2 Å². The molecular weight excluding hydrogens is 317 g/mol. The van der Waals surface area contributed by atoms with E-state index in [1.165, 1.54) is 12.1 Å². The molecule has 2 rings (SSSR count). The third-order valence-electron chi connectivity index (χ3n) is 2.95. The van der Waals surface area contributed by atoms with Crippen molar-refractivity contribution < 1.29 is 19.0 Å². The van der Waals surface area contributed by atoms with Crippen LogP contribution in [0.5, 0.6) is 0 Å². The van der Waals surface area contributed by atoms with Crippen molar-refractivity contribution in [2.45, 2.75) is 19.1 Å². The second-order valence-corrected chi connectivity index (χ2v) is 5.52. The minimum absolute atomic E-state index is 0.00332. The lowest BCUT2D eigenvalue weighted by Crippen LogP contribution is -2.42. The van der Waals surface area contributed by atoms with Crippen LogP contribution in [0.3, 0.4) is 0 Å². The van der Waals surface area contributed by atoms with Gasteiger partial charge in [0.15, 0.2) is 0 Å². The highest BCUT2D eigenvalue weighted by Crippen LogP contribution is 2.18. The Hall–Kier alpha value is -0.980. The number of rotatable bonds is 4. The number of benzene rings is 1. The van der Waals surface area contributed by atoms with E-state index in [0.717, 1.165) is 12.1 Å². The number of hydrogen-bond donors (Lipinski definition) is 1. The first-order valence-corrected chi connectivity index (χ1v) is 6.83. The summed E-state index contributed by atoms with van der Waals surface area (Å²) >= 11 is 3.26. The van der Waals surface area contributed by atoms with Crippen molar-refractivity contribution in [3.63, 3.8) is 0 Å². The Labute approximate surface area is 119 Å². The summed E-state index contributed by atoms with van der Waals surface area (Å²) in [6, 6.07) is 4.77. The van der Waals surface area contributed by atoms with Gasteiger partial charge in [0.2, 0.25) is 0 Å². The van der Waals surface area contributed by atoms with Crippen molar-refractivity contribution in [2.24, 2.45) is 0 Å². The van der Waals surface area contributed by atoms with Crippen molar-refractivity contribution in [1.29, 1.82) is 0 Å². The molecule has 0 aliphatic carbocycles. The average molecular weight is 332 g/mol. The molecule has 0 bridgehead atoms. The fourth-order valence-corrected chi connectivity index (χ4v) is 2.72. The summed E-state index contributed by atoms with van der Waals surface area (Å²) in [4.78, 5) is 12.7. The monoisotopic (exact) mass is 331 g/mol. The molecule has 0 aromatic heterocycles. The third kappa shape index (κ3) is 4.56. The Morgan fingerprint density at radius 3 is 3.00 bits per heavy atom. The maximum atomic E-state index is 13.3. The molecule has 1 aliphatic rings. The smallest absolute Gasteiger partial charge is 0.306 e. The Balaban J connectivity index is 1.96. The lowest BCUT2D eigenvalue weighted by Gasteiger charge is -2.32. The van der Waals surface area contributed by atoms with Crippen molar-refractivity contribution in [3.8, 4) is 0 Å². The first-order valence-electron chi connectivity index (χ1n) is 6.03. The summed E-state index contributed by atoms with van der Waals surface area (Å²) in [5.74, 6) is -1.14. The molecule has 1 saturated heterocycles. The van der Waals surface area contributed by atoms with E-state index >= 15 is 0 Å². The van der Waals surface area contributed by atoms with Gasteiger partial charge in [0.25, 0.3) is 0 Å². The number of morpholine rings is 1. The molecule has 1 fully saturated rings. The Morgan fingerprint density at radius 2 is 2.32 bits per heavy atom. The van der Waals surface area contributed by atoms with Gasteiger partial charge in [0.05, 0.1) is 19.1 Å². The number of carbonyl (C=O) groups is 1. The van der Waals surface area contributed by atoms with Gasteiger partial charge in [0, 0.05) is 24.1 Å². The van der Waals surface area contributed by atoms with Gasteiger partial charge in [0.1, 0.15) is 5.82 Å². The van der Waals surface area contributed by atoms with Gasteiger partial charge >= 0.3 is 5.97 Å². The first kappa shape index (κ1) is 14.4. The van der Waals surface area contributed by atoms with E-state index in [2.05, 4.69) is 20.8 Å². The lowest BCUT2D eigenvalue weighted by atomic mass is 10.1. The Morgan fingerprint density at radius 1 is 1.53 bits per heavy atom. The number of carboxylic acids is 1. The molecule has 0 saturated carbocycles. The number of carboxylic acid groups (broad SMARTS) is 1. The minimum Gasteiger partial charge on any atom is -0.481 e. The minimum atomic E-state index is -0.861. The van der Waals surface area contributed by atoms with E-state index in [9.17, 15) is 9.18 Å². The summed E-state index contributed by atoms with van der Waals surface area (Å²) in [6.45, 7) is 2.38. The van der Waals surface area contributed by atoms with Crippen LogP contribution < -0.4 is 0 Å². The largest absolute Gasteiger partial charge is 0.481 e. The molecule has 1 aliphatic heterocycles. The zero-order valence-corrected chi connectivity index (χ0v) is 11.9. The molecule has 1 unspecified atom stereocenters. The Bertz CT molecular complexity index is 449. The van der Waals surface area contributed by atoms with Crippen LogP contribution in [-0.4, -0.2) is 41.8 Å². The molecule has 4 nitrogen and oxygen atoms in total. The molecular formula is C13H15BrFNO3. The second-order valence-electron chi connectivity index (χ2n) is 4.60. The van der Waals surface area contributed by atoms with Crippen LogP contribution in [0.15, 0.2) is 22.7 Å². The molecule has 1 atom stereocenters. The molecule has 0 spiro atoms. The second kappa shape index (κ2) is 6.45. The van der Waals surface area contributed by atoms with Gasteiger partial charge in [-0.05, 0) is 23.8 Å². The number of nitrogens with zero attached hydrogens (tertiary/aromatic N) is 1. The molecule has 104 valence electrons. The fraction of sp³-hybridized carbons (Fsp3) is 0.462. The van der Waals surface area contributed by atoms with Crippen molar-refractivity contribution in [2.75, 3.05) is 19.7 Å². The summed E-state index contributed by atoms with van der Waals surface area (Å²) in [6.07, 6.45) is -0.285. The summed E-state index contributed by atoms with van der Waals surface area (Å²) < 4.78 is 19.4. The molecule has 1 aromatic carbocycles. The van der Waals surface area contributed by atoms with Crippen LogP contribution in [0.25, 0.3) is 0 Å². The molecule has 6 heteroatoms. The highest BCUT2D eigenvalue weighted by Gasteiger charge is 2.22. The maximum absolute atomic E-state index is 13.3. The Kier molecular flexibility index (Phi) is 4.90. The van der Waals surface area contributed by atoms with E-state index in [1.54, 1.807) is 0 Å². The van der Waals surface area contributed by atoms with Crippen molar-refractivity contribution >= 4 is 21.9 Å². The summed E-state index contributed by atoms with van der Waals surface area (Å²) in [7, 11) is 0. The molecule has 1 heterocycles. The van der Waals surface area contributed by atoms with Crippen molar-refractivity contribution in [1.82, 2.24) is 4.90 Å². The van der Waals surface area contributed by atoms with Gasteiger partial charge < -0.3 is 9.84 Å². The van der Waals surface area contributed by atoms with Gasteiger partial charge in [-0.1, -0.05) is 15.9 Å². The summed E-state index contributed by atoms with van der Waals surface area (Å²) in [5, 5.41) is 8.76. The summed E-state index contributed by atoms with van der Waals surface area (Å²) in [5.41, 5.74) is 0.864. The fourth-order valence-electron chi connectivity index (χ4n) is 2.20. The van der Waals surface area contributed by atoms with Crippen LogP contribution in [-0.2, 0) is 16.1 Å². The predicted molar refractivity (Wildman–Crippen MR) is 71.4 cm³/mol. The van der Waals surface area contributed by atoms with Gasteiger partial charge in [-0.15, -0.1) is 0 Å². The maximum Gasteiger partial charge on any atom is 0.306 e. The molecule has 1 aromatic rings. The standard InChI is InChI=1S/C13H15BrFNO3/c14-10-3-9(4-11(15)5-10)7-16-1-2-19-12(8-16)6-13(17)18/h3-5,12H,1-2,6-8H2,(H,17,18). The van der Waals surface area contributed by atoms with Gasteiger partial charge in [-0.3, -0.25) is 9.69 Å². The van der Waals surface area contributed by atoms with Crippen LogP contribution in [0.4, 0.5) is 4.39 Å². The van der Waals surface area contributed by atoms with Gasteiger partial charge in [-0.25, -0.2) is 4.39 Å². The van der Waals surface area contributed by atoms with E-state index in [-0.39, 0.29) is 18.3 Å². The van der Waals surface area contributed by atoms with E-state index in [4.69, 9.17) is 9.84 Å². The quantitative estimate of drug-likeness (QED) is 0.919. The number of ether oxygens (including phenoxy) is 1. The first-order chi connectivity index (χ1) is 9.02. The van der Waals surface area contributed by atoms with Crippen LogP contribution in [0, 0.1) is 5.82 Å². The number of hydrogen-bond acceptors (Lipinski definition) is 3. The number of halogens is 2. The van der Waals surface area contributed by atoms with Crippen LogP contribution in [0.2, 0.25) is 0 Å². The zero-order valence-electron chi connectivity index (χ0n) is 10.3. The lowest BCUT2D eigenvalue weighted by molar-refractivity contribution is -0.142.